The van der Waals surface area contributed by atoms with Gasteiger partial charge in [0.1, 0.15) is 0 Å². The topological polar surface area (TPSA) is 23.8 Å². The van der Waals surface area contributed by atoms with Gasteiger partial charge in [0.05, 0.1) is 6.07 Å². The third-order valence-corrected chi connectivity index (χ3v) is 10.2. The molecular formula is C25H41N. The van der Waals surface area contributed by atoms with Crippen molar-refractivity contribution >= 4 is 0 Å². The zero-order valence-electron chi connectivity index (χ0n) is 17.6. The molecule has 5 aliphatic rings. The van der Waals surface area contributed by atoms with Crippen molar-refractivity contribution in [1.82, 2.24) is 0 Å². The standard InChI is InChI=1S/C23H35N.C2H6/c1-22-12-3-2-6-17(22)7-8-18-20(22)11-14-23-13-4-5-16(15-24)19(23)9-10-21(18)23;1-2/h16-21H,2-14H2,1H3;1-2H3. The summed E-state index contributed by atoms with van der Waals surface area (Å²) in [6.45, 7) is 6.69. The molecule has 0 N–H and O–H groups in total. The Kier molecular flexibility index (Phi) is 5.18. The van der Waals surface area contributed by atoms with E-state index in [4.69, 9.17) is 0 Å². The second kappa shape index (κ2) is 7.14. The van der Waals surface area contributed by atoms with Crippen LogP contribution in [0.1, 0.15) is 104 Å². The predicted molar refractivity (Wildman–Crippen MR) is 108 cm³/mol. The van der Waals surface area contributed by atoms with Gasteiger partial charge in [-0.2, -0.15) is 5.26 Å². The third-order valence-electron chi connectivity index (χ3n) is 10.2. The maximum absolute atomic E-state index is 9.70. The van der Waals surface area contributed by atoms with Crippen LogP contribution in [0.15, 0.2) is 0 Å². The van der Waals surface area contributed by atoms with Gasteiger partial charge in [-0.3, -0.25) is 0 Å². The van der Waals surface area contributed by atoms with Crippen LogP contribution in [0.2, 0.25) is 0 Å². The van der Waals surface area contributed by atoms with E-state index < -0.39 is 0 Å². The minimum Gasteiger partial charge on any atom is -0.198 e. The Morgan fingerprint density at radius 3 is 2.35 bits per heavy atom. The first-order valence-corrected chi connectivity index (χ1v) is 12.1. The molecule has 0 aliphatic heterocycles. The van der Waals surface area contributed by atoms with Gasteiger partial charge < -0.3 is 0 Å². The van der Waals surface area contributed by atoms with E-state index in [1.54, 1.807) is 0 Å². The zero-order valence-corrected chi connectivity index (χ0v) is 17.6. The fraction of sp³-hybridized carbons (Fsp3) is 0.960. The van der Waals surface area contributed by atoms with E-state index in [-0.39, 0.29) is 0 Å². The van der Waals surface area contributed by atoms with Crippen molar-refractivity contribution in [2.75, 3.05) is 0 Å². The van der Waals surface area contributed by atoms with Gasteiger partial charge in [0.2, 0.25) is 0 Å². The van der Waals surface area contributed by atoms with Gasteiger partial charge in [-0.15, -0.1) is 0 Å². The molecule has 0 amide bonds. The summed E-state index contributed by atoms with van der Waals surface area (Å²) in [5.41, 5.74) is 1.27. The van der Waals surface area contributed by atoms with Crippen LogP contribution in [-0.2, 0) is 0 Å². The van der Waals surface area contributed by atoms with Crippen molar-refractivity contribution in [3.05, 3.63) is 0 Å². The second-order valence-corrected chi connectivity index (χ2v) is 10.5. The smallest absolute Gasteiger partial charge is 0.0658 e. The van der Waals surface area contributed by atoms with E-state index >= 15 is 0 Å². The average molecular weight is 356 g/mol. The summed E-state index contributed by atoms with van der Waals surface area (Å²) < 4.78 is 0. The molecule has 8 atom stereocenters. The Balaban J connectivity index is 0.000000814. The van der Waals surface area contributed by atoms with E-state index in [0.29, 0.717) is 16.7 Å². The Morgan fingerprint density at radius 1 is 0.731 bits per heavy atom. The average Bonchev–Trinajstić information content (AvgIpc) is 3.09. The van der Waals surface area contributed by atoms with Crippen LogP contribution in [0.4, 0.5) is 0 Å². The lowest BCUT2D eigenvalue weighted by atomic mass is 9.43. The highest BCUT2D eigenvalue weighted by molar-refractivity contribution is 5.13. The quantitative estimate of drug-likeness (QED) is 0.445. The molecule has 5 rings (SSSR count). The molecule has 5 aliphatic carbocycles. The van der Waals surface area contributed by atoms with Crippen LogP contribution in [0.5, 0.6) is 0 Å². The molecule has 0 aromatic carbocycles. The number of hydrogen-bond acceptors (Lipinski definition) is 1. The Hall–Kier alpha value is -0.510. The predicted octanol–water partition coefficient (Wildman–Crippen LogP) is 7.37. The van der Waals surface area contributed by atoms with Gasteiger partial charge in [-0.25, -0.2) is 0 Å². The van der Waals surface area contributed by atoms with Crippen molar-refractivity contribution in [2.45, 2.75) is 104 Å². The van der Waals surface area contributed by atoms with Gasteiger partial charge in [0, 0.05) is 5.92 Å². The van der Waals surface area contributed by atoms with E-state index in [1.165, 1.54) is 83.5 Å². The second-order valence-electron chi connectivity index (χ2n) is 10.5. The van der Waals surface area contributed by atoms with Gasteiger partial charge in [0.25, 0.3) is 0 Å². The zero-order chi connectivity index (χ0) is 18.4. The van der Waals surface area contributed by atoms with Gasteiger partial charge in [-0.1, -0.05) is 40.0 Å². The molecule has 0 radical (unpaired) electrons. The number of nitrogens with zero attached hydrogens (tertiary/aromatic N) is 1. The fourth-order valence-corrected chi connectivity index (χ4v) is 9.25. The summed E-state index contributed by atoms with van der Waals surface area (Å²) >= 11 is 0. The number of hydrogen-bond donors (Lipinski definition) is 0. The molecule has 146 valence electrons. The SMILES string of the molecule is CC.CC12CCCCC1CCC1C2CCC23CCCC(C#N)C2CCC13. The summed E-state index contributed by atoms with van der Waals surface area (Å²) in [4.78, 5) is 0. The molecule has 1 heteroatoms. The van der Waals surface area contributed by atoms with Gasteiger partial charge >= 0.3 is 0 Å². The third kappa shape index (κ3) is 2.53. The molecule has 8 unspecified atom stereocenters. The largest absolute Gasteiger partial charge is 0.198 e. The first kappa shape index (κ1) is 18.8. The fourth-order valence-electron chi connectivity index (χ4n) is 9.25. The van der Waals surface area contributed by atoms with Crippen LogP contribution in [0.3, 0.4) is 0 Å². The van der Waals surface area contributed by atoms with Crippen LogP contribution >= 0.6 is 0 Å². The molecule has 1 spiro atoms. The van der Waals surface area contributed by atoms with Crippen LogP contribution in [0, 0.1) is 57.7 Å². The first-order chi connectivity index (χ1) is 12.7. The monoisotopic (exact) mass is 355 g/mol. The van der Waals surface area contributed by atoms with Crippen LogP contribution < -0.4 is 0 Å². The maximum atomic E-state index is 9.70. The highest BCUT2D eigenvalue weighted by Gasteiger charge is 2.62. The lowest BCUT2D eigenvalue weighted by Gasteiger charge is -2.62. The molecule has 5 saturated carbocycles. The maximum Gasteiger partial charge on any atom is 0.0658 e. The number of nitriles is 1. The normalized spacial score (nSPS) is 52.2. The molecule has 0 saturated heterocycles. The van der Waals surface area contributed by atoms with E-state index in [9.17, 15) is 5.26 Å². The van der Waals surface area contributed by atoms with Crippen molar-refractivity contribution in [3.63, 3.8) is 0 Å². The minimum absolute atomic E-state index is 0.391. The highest BCUT2D eigenvalue weighted by atomic mass is 14.7. The lowest BCUT2D eigenvalue weighted by molar-refractivity contribution is -0.126. The molecule has 5 fully saturated rings. The van der Waals surface area contributed by atoms with Crippen molar-refractivity contribution < 1.29 is 0 Å². The number of fused-ring (bicyclic) bond motifs is 4. The van der Waals surface area contributed by atoms with Crippen molar-refractivity contribution in [2.24, 2.45) is 46.3 Å². The van der Waals surface area contributed by atoms with E-state index in [2.05, 4.69) is 13.0 Å². The lowest BCUT2D eigenvalue weighted by Crippen LogP contribution is -2.54. The Labute approximate surface area is 162 Å². The van der Waals surface area contributed by atoms with E-state index in [0.717, 1.165) is 29.6 Å². The molecule has 0 heterocycles. The molecule has 1 nitrogen and oxygen atoms in total. The molecular weight excluding hydrogens is 314 g/mol. The van der Waals surface area contributed by atoms with Gasteiger partial charge in [0.15, 0.2) is 0 Å². The Morgan fingerprint density at radius 2 is 1.54 bits per heavy atom. The minimum atomic E-state index is 0.391. The summed E-state index contributed by atoms with van der Waals surface area (Å²) in [5, 5.41) is 9.70. The van der Waals surface area contributed by atoms with Crippen LogP contribution in [0.25, 0.3) is 0 Å². The summed E-state index contributed by atoms with van der Waals surface area (Å²) in [7, 11) is 0. The molecule has 0 aromatic heterocycles. The van der Waals surface area contributed by atoms with Crippen LogP contribution in [-0.4, -0.2) is 0 Å². The van der Waals surface area contributed by atoms with E-state index in [1.807, 2.05) is 13.8 Å². The summed E-state index contributed by atoms with van der Waals surface area (Å²) in [5.74, 6) is 5.21. The Bertz CT molecular complexity index is 547. The summed E-state index contributed by atoms with van der Waals surface area (Å²) in [6.07, 6.45) is 18.9. The summed E-state index contributed by atoms with van der Waals surface area (Å²) in [6, 6.07) is 2.73. The number of rotatable bonds is 0. The highest BCUT2D eigenvalue weighted by Crippen LogP contribution is 2.70. The molecule has 0 aromatic rings. The molecule has 26 heavy (non-hydrogen) atoms. The van der Waals surface area contributed by atoms with Crippen molar-refractivity contribution in [3.8, 4) is 6.07 Å². The first-order valence-electron chi connectivity index (χ1n) is 12.1. The van der Waals surface area contributed by atoms with Gasteiger partial charge in [-0.05, 0) is 105 Å². The molecule has 0 bridgehead atoms. The van der Waals surface area contributed by atoms with Crippen molar-refractivity contribution in [1.29, 1.82) is 5.26 Å².